The molecule has 3 aliphatic carbocycles. The molecule has 0 saturated heterocycles. The minimum atomic E-state index is -0.531. The Balaban J connectivity index is 1.49. The average molecular weight is 370 g/mol. The summed E-state index contributed by atoms with van der Waals surface area (Å²) in [5.41, 5.74) is 1.97. The zero-order chi connectivity index (χ0) is 19.2. The van der Waals surface area contributed by atoms with E-state index in [0.29, 0.717) is 17.5 Å². The summed E-state index contributed by atoms with van der Waals surface area (Å²) in [5.74, 6) is 2.18. The molecule has 146 valence electrons. The van der Waals surface area contributed by atoms with Crippen LogP contribution >= 0.6 is 0 Å². The second-order valence-electron chi connectivity index (χ2n) is 9.52. The average Bonchev–Trinajstić information content (AvgIpc) is 3.23. The number of ether oxygens (including phenoxy) is 1. The number of carbonyl (C=O) groups excluding carboxylic acids is 2. The summed E-state index contributed by atoms with van der Waals surface area (Å²) in [5, 5.41) is 2.75. The zero-order valence-electron chi connectivity index (χ0n) is 16.6. The van der Waals surface area contributed by atoms with E-state index in [4.69, 9.17) is 9.72 Å². The van der Waals surface area contributed by atoms with Crippen molar-refractivity contribution >= 4 is 11.9 Å². The monoisotopic (exact) mass is 370 g/mol. The van der Waals surface area contributed by atoms with Crippen LogP contribution in [0.2, 0.25) is 0 Å². The molecule has 0 spiro atoms. The first kappa shape index (κ1) is 18.5. The third-order valence-corrected chi connectivity index (χ3v) is 6.12. The molecular formula is C22H30N2O3. The Hall–Kier alpha value is -1.91. The lowest BCUT2D eigenvalue weighted by Gasteiger charge is -2.22. The highest BCUT2D eigenvalue weighted by Crippen LogP contribution is 2.50. The van der Waals surface area contributed by atoms with E-state index in [1.165, 1.54) is 19.3 Å². The van der Waals surface area contributed by atoms with Gasteiger partial charge in [0.2, 0.25) is 0 Å². The van der Waals surface area contributed by atoms with Crippen LogP contribution in [0.3, 0.4) is 0 Å². The van der Waals surface area contributed by atoms with Crippen molar-refractivity contribution in [1.29, 1.82) is 0 Å². The molecule has 1 amide bonds. The second-order valence-corrected chi connectivity index (χ2v) is 9.52. The summed E-state index contributed by atoms with van der Waals surface area (Å²) < 4.78 is 5.28. The standard InChI is InChI=1S/C22H30N2O3/c1-22(2,3)27-21(26)23-12-16-8-9-17(14-6-7-14)19(24-16)20(25)18-11-13-4-5-15(18)10-13/h8-9,13-15,18H,4-7,10-12H2,1-3H3,(H,23,26). The van der Waals surface area contributed by atoms with Crippen molar-refractivity contribution in [1.82, 2.24) is 10.3 Å². The van der Waals surface area contributed by atoms with Crippen molar-refractivity contribution in [2.24, 2.45) is 17.8 Å². The van der Waals surface area contributed by atoms with E-state index in [1.54, 1.807) is 0 Å². The van der Waals surface area contributed by atoms with Crippen molar-refractivity contribution in [2.75, 3.05) is 0 Å². The van der Waals surface area contributed by atoms with Crippen LogP contribution in [0.25, 0.3) is 0 Å². The van der Waals surface area contributed by atoms with Gasteiger partial charge >= 0.3 is 6.09 Å². The number of aromatic nitrogens is 1. The largest absolute Gasteiger partial charge is 0.444 e. The first-order valence-electron chi connectivity index (χ1n) is 10.3. The predicted octanol–water partition coefficient (Wildman–Crippen LogP) is 4.60. The van der Waals surface area contributed by atoms with Gasteiger partial charge in [0.1, 0.15) is 11.3 Å². The molecule has 5 nitrogen and oxygen atoms in total. The van der Waals surface area contributed by atoms with Gasteiger partial charge in [-0.15, -0.1) is 0 Å². The van der Waals surface area contributed by atoms with Gasteiger partial charge in [-0.3, -0.25) is 4.79 Å². The van der Waals surface area contributed by atoms with Crippen molar-refractivity contribution in [3.05, 3.63) is 29.1 Å². The molecule has 1 aromatic rings. The number of carbonyl (C=O) groups is 2. The number of amides is 1. The number of Topliss-reactive ketones (excluding diaryl/α,β-unsaturated/α-hetero) is 1. The number of hydrogen-bond donors (Lipinski definition) is 1. The lowest BCUT2D eigenvalue weighted by atomic mass is 9.83. The number of hydrogen-bond acceptors (Lipinski definition) is 4. The van der Waals surface area contributed by atoms with Gasteiger partial charge in [0.05, 0.1) is 12.2 Å². The summed E-state index contributed by atoms with van der Waals surface area (Å²) in [4.78, 5) is 29.9. The Morgan fingerprint density at radius 1 is 1.15 bits per heavy atom. The summed E-state index contributed by atoms with van der Waals surface area (Å²) in [7, 11) is 0. The molecule has 0 radical (unpaired) electrons. The second kappa shape index (κ2) is 6.92. The Morgan fingerprint density at radius 2 is 1.93 bits per heavy atom. The molecule has 3 atom stereocenters. The normalized spacial score (nSPS) is 26.9. The lowest BCUT2D eigenvalue weighted by Crippen LogP contribution is -2.32. The number of pyridine rings is 1. The highest BCUT2D eigenvalue weighted by atomic mass is 16.6. The maximum Gasteiger partial charge on any atom is 0.407 e. The first-order valence-corrected chi connectivity index (χ1v) is 10.3. The Bertz CT molecular complexity index is 748. The molecule has 1 aromatic heterocycles. The van der Waals surface area contributed by atoms with Crippen LogP contribution in [0.4, 0.5) is 4.79 Å². The molecule has 3 unspecified atom stereocenters. The van der Waals surface area contributed by atoms with Gasteiger partial charge in [0.25, 0.3) is 0 Å². The molecule has 5 heteroatoms. The number of alkyl carbamates (subject to hydrolysis) is 1. The topological polar surface area (TPSA) is 68.3 Å². The van der Waals surface area contributed by atoms with Crippen LogP contribution in [-0.4, -0.2) is 22.5 Å². The highest BCUT2D eigenvalue weighted by Gasteiger charge is 2.44. The molecule has 3 aliphatic rings. The molecule has 2 bridgehead atoms. The van der Waals surface area contributed by atoms with Crippen molar-refractivity contribution in [2.45, 2.75) is 77.4 Å². The van der Waals surface area contributed by atoms with Gasteiger partial charge in [-0.1, -0.05) is 12.5 Å². The lowest BCUT2D eigenvalue weighted by molar-refractivity contribution is 0.0523. The third-order valence-electron chi connectivity index (χ3n) is 6.12. The molecular weight excluding hydrogens is 340 g/mol. The van der Waals surface area contributed by atoms with Crippen LogP contribution in [0.1, 0.15) is 87.0 Å². The SMILES string of the molecule is CC(C)(C)OC(=O)NCc1ccc(C2CC2)c(C(=O)C2CC3CCC2C3)n1. The van der Waals surface area contributed by atoms with E-state index < -0.39 is 11.7 Å². The minimum Gasteiger partial charge on any atom is -0.444 e. The van der Waals surface area contributed by atoms with Gasteiger partial charge in [0, 0.05) is 5.92 Å². The van der Waals surface area contributed by atoms with Crippen LogP contribution in [0.15, 0.2) is 12.1 Å². The summed E-state index contributed by atoms with van der Waals surface area (Å²) in [6.45, 7) is 5.78. The molecule has 27 heavy (non-hydrogen) atoms. The van der Waals surface area contributed by atoms with Gasteiger partial charge in [-0.05, 0) is 82.3 Å². The van der Waals surface area contributed by atoms with Gasteiger partial charge in [-0.25, -0.2) is 9.78 Å². The maximum atomic E-state index is 13.3. The van der Waals surface area contributed by atoms with Crippen LogP contribution < -0.4 is 5.32 Å². The first-order chi connectivity index (χ1) is 12.8. The number of fused-ring (bicyclic) bond motifs is 2. The summed E-state index contributed by atoms with van der Waals surface area (Å²) in [6, 6.07) is 3.99. The highest BCUT2D eigenvalue weighted by molar-refractivity contribution is 5.98. The number of nitrogens with zero attached hydrogens (tertiary/aromatic N) is 1. The van der Waals surface area contributed by atoms with E-state index in [2.05, 4.69) is 11.4 Å². The molecule has 0 aliphatic heterocycles. The quantitative estimate of drug-likeness (QED) is 0.769. The fourth-order valence-corrected chi connectivity index (χ4v) is 4.75. The van der Waals surface area contributed by atoms with E-state index in [1.807, 2.05) is 26.8 Å². The molecule has 1 N–H and O–H groups in total. The van der Waals surface area contributed by atoms with Crippen LogP contribution in [0, 0.1) is 17.8 Å². The van der Waals surface area contributed by atoms with E-state index in [0.717, 1.165) is 36.4 Å². The van der Waals surface area contributed by atoms with E-state index in [-0.39, 0.29) is 18.2 Å². The fraction of sp³-hybridized carbons (Fsp3) is 0.682. The third kappa shape index (κ3) is 4.17. The Morgan fingerprint density at radius 3 is 2.52 bits per heavy atom. The van der Waals surface area contributed by atoms with Gasteiger partial charge in [0.15, 0.2) is 5.78 Å². The van der Waals surface area contributed by atoms with Crippen LogP contribution in [0.5, 0.6) is 0 Å². The van der Waals surface area contributed by atoms with Crippen LogP contribution in [-0.2, 0) is 11.3 Å². The molecule has 4 rings (SSSR count). The molecule has 3 saturated carbocycles. The van der Waals surface area contributed by atoms with Crippen molar-refractivity contribution < 1.29 is 14.3 Å². The zero-order valence-corrected chi connectivity index (χ0v) is 16.6. The van der Waals surface area contributed by atoms with Gasteiger partial charge < -0.3 is 10.1 Å². The van der Waals surface area contributed by atoms with Gasteiger partial charge in [-0.2, -0.15) is 0 Å². The summed E-state index contributed by atoms with van der Waals surface area (Å²) >= 11 is 0. The number of ketones is 1. The van der Waals surface area contributed by atoms with Crippen molar-refractivity contribution in [3.8, 4) is 0 Å². The maximum absolute atomic E-state index is 13.3. The fourth-order valence-electron chi connectivity index (χ4n) is 4.75. The van der Waals surface area contributed by atoms with Crippen molar-refractivity contribution in [3.63, 3.8) is 0 Å². The van der Waals surface area contributed by atoms with E-state index in [9.17, 15) is 9.59 Å². The van der Waals surface area contributed by atoms with E-state index >= 15 is 0 Å². The Kier molecular flexibility index (Phi) is 4.73. The molecule has 1 heterocycles. The molecule has 3 fully saturated rings. The minimum absolute atomic E-state index is 0.155. The number of nitrogens with one attached hydrogen (secondary N) is 1. The summed E-state index contributed by atoms with van der Waals surface area (Å²) in [6.07, 6.45) is 6.57. The smallest absolute Gasteiger partial charge is 0.407 e. The molecule has 0 aromatic carbocycles. The predicted molar refractivity (Wildman–Crippen MR) is 103 cm³/mol. The Labute approximate surface area is 161 Å². The number of rotatable bonds is 5.